The predicted octanol–water partition coefficient (Wildman–Crippen LogP) is 3.19. The highest BCUT2D eigenvalue weighted by Crippen LogP contribution is 2.32. The van der Waals surface area contributed by atoms with E-state index >= 15 is 0 Å². The summed E-state index contributed by atoms with van der Waals surface area (Å²) in [7, 11) is 0. The molecule has 1 fully saturated rings. The van der Waals surface area contributed by atoms with Crippen LogP contribution in [0.2, 0.25) is 0 Å². The Morgan fingerprint density at radius 2 is 1.83 bits per heavy atom. The number of nitrogens with one attached hydrogen (secondary N) is 2. The van der Waals surface area contributed by atoms with Gasteiger partial charge in [0.15, 0.2) is 0 Å². The van der Waals surface area contributed by atoms with Gasteiger partial charge in [0.05, 0.1) is 4.91 Å². The van der Waals surface area contributed by atoms with Crippen molar-refractivity contribution >= 4 is 52.1 Å². The molecular formula is C21H18FN3O3S2. The van der Waals surface area contributed by atoms with Gasteiger partial charge in [0.2, 0.25) is 5.91 Å². The molecule has 6 nitrogen and oxygen atoms in total. The van der Waals surface area contributed by atoms with E-state index in [2.05, 4.69) is 10.9 Å². The van der Waals surface area contributed by atoms with Gasteiger partial charge >= 0.3 is 0 Å². The average molecular weight is 444 g/mol. The Labute approximate surface area is 182 Å². The minimum Gasteiger partial charge on any atom is -0.292 e. The smallest absolute Gasteiger partial charge is 0.269 e. The van der Waals surface area contributed by atoms with Crippen molar-refractivity contribution in [3.8, 4) is 0 Å². The number of amides is 3. The number of hydrazine groups is 1. The van der Waals surface area contributed by atoms with E-state index in [1.165, 1.54) is 17.0 Å². The highest BCUT2D eigenvalue weighted by Gasteiger charge is 2.32. The lowest BCUT2D eigenvalue weighted by molar-refractivity contribution is -0.124. The Morgan fingerprint density at radius 3 is 2.57 bits per heavy atom. The van der Waals surface area contributed by atoms with E-state index < -0.39 is 17.6 Å². The number of carbonyl (C=O) groups excluding carboxylic acids is 3. The molecular weight excluding hydrogens is 425 g/mol. The van der Waals surface area contributed by atoms with E-state index in [1.54, 1.807) is 43.3 Å². The first-order valence-corrected chi connectivity index (χ1v) is 10.2. The first-order valence-electron chi connectivity index (χ1n) is 9.01. The summed E-state index contributed by atoms with van der Waals surface area (Å²) in [5.74, 6) is -1.72. The number of nitrogens with zero attached hydrogens (tertiary/aromatic N) is 1. The van der Waals surface area contributed by atoms with E-state index in [1.807, 2.05) is 6.07 Å². The molecule has 0 unspecified atom stereocenters. The van der Waals surface area contributed by atoms with Gasteiger partial charge in [0, 0.05) is 24.1 Å². The maximum Gasteiger partial charge on any atom is 0.269 e. The molecule has 2 N–H and O–H groups in total. The third-order valence-electron chi connectivity index (χ3n) is 4.33. The summed E-state index contributed by atoms with van der Waals surface area (Å²) in [6.45, 7) is 1.84. The summed E-state index contributed by atoms with van der Waals surface area (Å²) >= 11 is 6.27. The zero-order valence-electron chi connectivity index (χ0n) is 16.0. The van der Waals surface area contributed by atoms with E-state index in [9.17, 15) is 18.8 Å². The Kier molecular flexibility index (Phi) is 6.96. The van der Waals surface area contributed by atoms with Crippen molar-refractivity contribution in [3.05, 3.63) is 75.9 Å². The van der Waals surface area contributed by atoms with Crippen LogP contribution in [0.15, 0.2) is 53.4 Å². The van der Waals surface area contributed by atoms with Crippen molar-refractivity contribution in [1.82, 2.24) is 15.8 Å². The average Bonchev–Trinajstić information content (AvgIpc) is 2.99. The van der Waals surface area contributed by atoms with Gasteiger partial charge in [-0.05, 0) is 30.7 Å². The van der Waals surface area contributed by atoms with Crippen molar-refractivity contribution in [2.24, 2.45) is 0 Å². The first-order chi connectivity index (χ1) is 14.4. The molecule has 0 radical (unpaired) electrons. The van der Waals surface area contributed by atoms with Gasteiger partial charge in [0.25, 0.3) is 11.8 Å². The zero-order valence-corrected chi connectivity index (χ0v) is 17.6. The quantitative estimate of drug-likeness (QED) is 0.422. The predicted molar refractivity (Wildman–Crippen MR) is 118 cm³/mol. The molecule has 3 amide bonds. The molecule has 0 spiro atoms. The van der Waals surface area contributed by atoms with Gasteiger partial charge in [-0.25, -0.2) is 4.39 Å². The number of thiocarbonyl (C=S) groups is 1. The second-order valence-electron chi connectivity index (χ2n) is 6.42. The van der Waals surface area contributed by atoms with Gasteiger partial charge in [-0.15, -0.1) is 0 Å². The van der Waals surface area contributed by atoms with Crippen LogP contribution >= 0.6 is 24.0 Å². The molecule has 1 aliphatic heterocycles. The maximum absolute atomic E-state index is 13.8. The van der Waals surface area contributed by atoms with Gasteiger partial charge in [-0.3, -0.25) is 30.1 Å². The van der Waals surface area contributed by atoms with Crippen molar-refractivity contribution < 1.29 is 18.8 Å². The molecule has 0 aromatic heterocycles. The van der Waals surface area contributed by atoms with E-state index in [0.717, 1.165) is 17.3 Å². The summed E-state index contributed by atoms with van der Waals surface area (Å²) in [4.78, 5) is 38.3. The Morgan fingerprint density at radius 1 is 1.13 bits per heavy atom. The Balaban J connectivity index is 1.54. The number of thioether (sulfide) groups is 1. The highest BCUT2D eigenvalue weighted by atomic mass is 32.2. The van der Waals surface area contributed by atoms with Crippen LogP contribution in [0, 0.1) is 12.7 Å². The van der Waals surface area contributed by atoms with Gasteiger partial charge in [-0.1, -0.05) is 60.4 Å². The van der Waals surface area contributed by atoms with E-state index in [0.29, 0.717) is 14.8 Å². The van der Waals surface area contributed by atoms with E-state index in [-0.39, 0.29) is 24.4 Å². The third-order valence-corrected chi connectivity index (χ3v) is 5.71. The van der Waals surface area contributed by atoms with Crippen LogP contribution in [-0.4, -0.2) is 33.5 Å². The lowest BCUT2D eigenvalue weighted by Crippen LogP contribution is -2.43. The number of halogens is 1. The first kappa shape index (κ1) is 21.7. The van der Waals surface area contributed by atoms with E-state index in [4.69, 9.17) is 12.2 Å². The zero-order chi connectivity index (χ0) is 21.7. The summed E-state index contributed by atoms with van der Waals surface area (Å²) in [6, 6.07) is 13.1. The Hall–Kier alpha value is -3.04. The minimum absolute atomic E-state index is 0.0470. The lowest BCUT2D eigenvalue weighted by Gasteiger charge is -2.14. The van der Waals surface area contributed by atoms with Crippen molar-refractivity contribution in [1.29, 1.82) is 0 Å². The fourth-order valence-corrected chi connectivity index (χ4v) is 4.02. The van der Waals surface area contributed by atoms with Crippen LogP contribution in [0.25, 0.3) is 6.08 Å². The number of hydrogen-bond donors (Lipinski definition) is 2. The molecule has 3 rings (SSSR count). The third kappa shape index (κ3) is 5.11. The normalized spacial score (nSPS) is 14.9. The number of hydrogen-bond acceptors (Lipinski definition) is 5. The topological polar surface area (TPSA) is 78.5 Å². The molecule has 2 aromatic carbocycles. The SMILES string of the molecule is Cc1ccccc1C(=O)NNC(=O)CCN1C(=O)/C(=C\c2ccccc2F)SC1=S. The lowest BCUT2D eigenvalue weighted by atomic mass is 10.1. The summed E-state index contributed by atoms with van der Waals surface area (Å²) in [6.07, 6.45) is 1.38. The standard InChI is InChI=1S/C21H18FN3O3S2/c1-13-6-2-4-8-15(13)19(27)24-23-18(26)10-11-25-20(28)17(30-21(25)29)12-14-7-3-5-9-16(14)22/h2-9,12H,10-11H2,1H3,(H,23,26)(H,24,27)/b17-12+. The molecule has 30 heavy (non-hydrogen) atoms. The van der Waals surface area contributed by atoms with Gasteiger partial charge in [0.1, 0.15) is 10.1 Å². The number of benzene rings is 2. The van der Waals surface area contributed by atoms with Crippen molar-refractivity contribution in [3.63, 3.8) is 0 Å². The van der Waals surface area contributed by atoms with Crippen LogP contribution in [-0.2, 0) is 9.59 Å². The second-order valence-corrected chi connectivity index (χ2v) is 8.10. The molecule has 1 heterocycles. The monoisotopic (exact) mass is 443 g/mol. The van der Waals surface area contributed by atoms with Crippen LogP contribution in [0.5, 0.6) is 0 Å². The second kappa shape index (κ2) is 9.64. The van der Waals surface area contributed by atoms with Crippen LogP contribution in [0.1, 0.15) is 27.9 Å². The van der Waals surface area contributed by atoms with Crippen LogP contribution in [0.4, 0.5) is 4.39 Å². The summed E-state index contributed by atoms with van der Waals surface area (Å²) < 4.78 is 14.1. The highest BCUT2D eigenvalue weighted by molar-refractivity contribution is 8.26. The fourth-order valence-electron chi connectivity index (χ4n) is 2.72. The number of aryl methyl sites for hydroxylation is 1. The minimum atomic E-state index is -0.468. The summed E-state index contributed by atoms with van der Waals surface area (Å²) in [5, 5.41) is 0. The number of rotatable bonds is 5. The maximum atomic E-state index is 13.8. The molecule has 9 heteroatoms. The molecule has 1 saturated heterocycles. The van der Waals surface area contributed by atoms with Crippen molar-refractivity contribution in [2.75, 3.05) is 6.54 Å². The van der Waals surface area contributed by atoms with Crippen LogP contribution < -0.4 is 10.9 Å². The largest absolute Gasteiger partial charge is 0.292 e. The molecule has 0 aliphatic carbocycles. The van der Waals surface area contributed by atoms with Crippen LogP contribution in [0.3, 0.4) is 0 Å². The molecule has 2 aromatic rings. The molecule has 1 aliphatic rings. The van der Waals surface area contributed by atoms with Crippen molar-refractivity contribution in [2.45, 2.75) is 13.3 Å². The molecule has 0 bridgehead atoms. The van der Waals surface area contributed by atoms with Gasteiger partial charge in [-0.2, -0.15) is 0 Å². The van der Waals surface area contributed by atoms with Gasteiger partial charge < -0.3 is 0 Å². The molecule has 0 saturated carbocycles. The fraction of sp³-hybridized carbons (Fsp3) is 0.143. The summed E-state index contributed by atoms with van der Waals surface area (Å²) in [5.41, 5.74) is 6.20. The molecule has 0 atom stereocenters. The molecule has 154 valence electrons. The Bertz CT molecular complexity index is 1060. The number of carbonyl (C=O) groups is 3.